The average molecular weight is 354 g/mol. The molecule has 1 amide bonds. The number of benzene rings is 1. The Morgan fingerprint density at radius 2 is 1.83 bits per heavy atom. The largest absolute Gasteiger partial charge is 0.573 e. The fourth-order valence-electron chi connectivity index (χ4n) is 1.75. The minimum atomic E-state index is -4.87. The third kappa shape index (κ3) is 5.71. The molecular weight excluding hydrogens is 337 g/mol. The van der Waals surface area contributed by atoms with E-state index < -0.39 is 34.1 Å². The minimum Gasteiger partial charge on any atom is -0.406 e. The zero-order valence-electron chi connectivity index (χ0n) is 12.4. The predicted octanol–water partition coefficient (Wildman–Crippen LogP) is 1.76. The van der Waals surface area contributed by atoms with Gasteiger partial charge in [0.15, 0.2) is 0 Å². The number of hydrogen-bond acceptors (Lipinski definition) is 4. The van der Waals surface area contributed by atoms with Crippen molar-refractivity contribution in [3.63, 3.8) is 0 Å². The maximum Gasteiger partial charge on any atom is 0.573 e. The van der Waals surface area contributed by atoms with Crippen molar-refractivity contribution in [3.05, 3.63) is 24.3 Å². The number of rotatable bonds is 7. The van der Waals surface area contributed by atoms with Crippen LogP contribution in [0.2, 0.25) is 0 Å². The van der Waals surface area contributed by atoms with Crippen molar-refractivity contribution in [3.8, 4) is 5.75 Å². The molecule has 0 radical (unpaired) electrons. The first kappa shape index (κ1) is 19.2. The molecule has 0 aliphatic carbocycles. The van der Waals surface area contributed by atoms with Crippen molar-refractivity contribution < 1.29 is 31.1 Å². The van der Waals surface area contributed by atoms with E-state index in [2.05, 4.69) is 9.46 Å². The van der Waals surface area contributed by atoms with Gasteiger partial charge in [-0.2, -0.15) is 4.72 Å². The summed E-state index contributed by atoms with van der Waals surface area (Å²) in [7, 11) is -4.11. The number of halogens is 3. The van der Waals surface area contributed by atoms with E-state index in [1.807, 2.05) is 0 Å². The molecule has 2 unspecified atom stereocenters. The summed E-state index contributed by atoms with van der Waals surface area (Å²) in [5.41, 5.74) is 5.18. The number of carbonyl (C=O) groups excluding carboxylic acids is 1. The molecule has 6 nitrogen and oxygen atoms in total. The summed E-state index contributed by atoms with van der Waals surface area (Å²) in [5, 5.41) is 0. The number of alkyl halides is 3. The van der Waals surface area contributed by atoms with Crippen LogP contribution in [0.5, 0.6) is 5.75 Å². The molecule has 130 valence electrons. The van der Waals surface area contributed by atoms with Crippen molar-refractivity contribution in [2.45, 2.75) is 37.6 Å². The lowest BCUT2D eigenvalue weighted by molar-refractivity contribution is -0.274. The quantitative estimate of drug-likeness (QED) is 0.779. The third-order valence-electron chi connectivity index (χ3n) is 3.17. The highest BCUT2D eigenvalue weighted by Crippen LogP contribution is 2.24. The van der Waals surface area contributed by atoms with Gasteiger partial charge in [-0.15, -0.1) is 13.2 Å². The first-order valence-corrected chi connectivity index (χ1v) is 8.12. The number of carbonyl (C=O) groups is 1. The Morgan fingerprint density at radius 3 is 2.22 bits per heavy atom. The molecule has 0 saturated heterocycles. The van der Waals surface area contributed by atoms with E-state index >= 15 is 0 Å². The van der Waals surface area contributed by atoms with Crippen LogP contribution in [0.4, 0.5) is 13.2 Å². The molecule has 0 saturated carbocycles. The zero-order valence-corrected chi connectivity index (χ0v) is 13.2. The Balaban J connectivity index is 2.97. The molecule has 23 heavy (non-hydrogen) atoms. The van der Waals surface area contributed by atoms with Crippen LogP contribution in [-0.4, -0.2) is 26.7 Å². The molecular formula is C13H17F3N2O4S. The Morgan fingerprint density at radius 1 is 1.30 bits per heavy atom. The Kier molecular flexibility index (Phi) is 6.00. The second-order valence-electron chi connectivity index (χ2n) is 4.91. The van der Waals surface area contributed by atoms with Crippen molar-refractivity contribution in [1.29, 1.82) is 0 Å². The Hall–Kier alpha value is -1.81. The van der Waals surface area contributed by atoms with Gasteiger partial charge >= 0.3 is 6.36 Å². The van der Waals surface area contributed by atoms with Gasteiger partial charge in [0.25, 0.3) is 0 Å². The number of hydrogen-bond donors (Lipinski definition) is 2. The Labute approximate surface area is 131 Å². The number of sulfonamides is 1. The average Bonchev–Trinajstić information content (AvgIpc) is 2.42. The van der Waals surface area contributed by atoms with Gasteiger partial charge in [-0.25, -0.2) is 8.42 Å². The van der Waals surface area contributed by atoms with E-state index in [4.69, 9.17) is 5.73 Å². The summed E-state index contributed by atoms with van der Waals surface area (Å²) in [5.74, 6) is -1.72. The highest BCUT2D eigenvalue weighted by Gasteiger charge is 2.31. The molecule has 0 aromatic heterocycles. The summed E-state index contributed by atoms with van der Waals surface area (Å²) in [6, 6.07) is 2.50. The van der Waals surface area contributed by atoms with Crippen LogP contribution in [0.15, 0.2) is 29.2 Å². The van der Waals surface area contributed by atoms with Crippen LogP contribution in [0.3, 0.4) is 0 Å². The first-order valence-electron chi connectivity index (χ1n) is 6.63. The Bertz CT molecular complexity index is 644. The standard InChI is InChI=1S/C13H17F3N2O4S/c1-3-8(2)11(12(17)19)18-23(20,21)10-6-4-9(5-7-10)22-13(14,15)16/h4-8,11,18H,3H2,1-2H3,(H2,17,19). The fraction of sp³-hybridized carbons (Fsp3) is 0.462. The van der Waals surface area contributed by atoms with E-state index in [1.54, 1.807) is 13.8 Å². The summed E-state index contributed by atoms with van der Waals surface area (Å²) < 4.78 is 66.4. The zero-order chi connectivity index (χ0) is 17.8. The lowest BCUT2D eigenvalue weighted by Gasteiger charge is -2.21. The van der Waals surface area contributed by atoms with Gasteiger partial charge in [0.1, 0.15) is 11.8 Å². The molecule has 1 rings (SSSR count). The molecule has 0 heterocycles. The lowest BCUT2D eigenvalue weighted by Crippen LogP contribution is -2.48. The van der Waals surface area contributed by atoms with Gasteiger partial charge in [-0.1, -0.05) is 20.3 Å². The fourth-order valence-corrected chi connectivity index (χ4v) is 3.06. The lowest BCUT2D eigenvalue weighted by atomic mass is 10.00. The molecule has 1 aromatic rings. The molecule has 0 aliphatic heterocycles. The predicted molar refractivity (Wildman–Crippen MR) is 75.9 cm³/mol. The van der Waals surface area contributed by atoms with Gasteiger partial charge < -0.3 is 10.5 Å². The summed E-state index contributed by atoms with van der Waals surface area (Å²) >= 11 is 0. The highest BCUT2D eigenvalue weighted by molar-refractivity contribution is 7.89. The number of amides is 1. The molecule has 0 fully saturated rings. The number of ether oxygens (including phenoxy) is 1. The molecule has 0 spiro atoms. The van der Waals surface area contributed by atoms with E-state index in [1.165, 1.54) is 0 Å². The van der Waals surface area contributed by atoms with Crippen LogP contribution < -0.4 is 15.2 Å². The van der Waals surface area contributed by atoms with Crippen molar-refractivity contribution in [2.24, 2.45) is 11.7 Å². The van der Waals surface area contributed by atoms with E-state index in [-0.39, 0.29) is 10.8 Å². The highest BCUT2D eigenvalue weighted by atomic mass is 32.2. The van der Waals surface area contributed by atoms with Gasteiger partial charge in [-0.05, 0) is 30.2 Å². The van der Waals surface area contributed by atoms with Crippen LogP contribution in [0.1, 0.15) is 20.3 Å². The smallest absolute Gasteiger partial charge is 0.406 e. The monoisotopic (exact) mass is 354 g/mol. The van der Waals surface area contributed by atoms with Crippen molar-refractivity contribution in [2.75, 3.05) is 0 Å². The maximum atomic E-state index is 12.2. The van der Waals surface area contributed by atoms with Crippen LogP contribution >= 0.6 is 0 Å². The summed E-state index contributed by atoms with van der Waals surface area (Å²) in [6.07, 6.45) is -4.36. The topological polar surface area (TPSA) is 98.5 Å². The molecule has 10 heteroatoms. The first-order chi connectivity index (χ1) is 10.5. The van der Waals surface area contributed by atoms with E-state index in [0.717, 1.165) is 24.3 Å². The van der Waals surface area contributed by atoms with Crippen LogP contribution in [0, 0.1) is 5.92 Å². The van der Waals surface area contributed by atoms with Gasteiger partial charge in [0, 0.05) is 0 Å². The number of nitrogens with two attached hydrogens (primary N) is 1. The number of nitrogens with one attached hydrogen (secondary N) is 1. The normalized spacial score (nSPS) is 15.0. The molecule has 0 bridgehead atoms. The second-order valence-corrected chi connectivity index (χ2v) is 6.62. The SMILES string of the molecule is CCC(C)C(NS(=O)(=O)c1ccc(OC(F)(F)F)cc1)C(N)=O. The van der Waals surface area contributed by atoms with E-state index in [0.29, 0.717) is 6.42 Å². The molecule has 0 aliphatic rings. The van der Waals surface area contributed by atoms with Crippen LogP contribution in [-0.2, 0) is 14.8 Å². The van der Waals surface area contributed by atoms with Gasteiger partial charge in [0.2, 0.25) is 15.9 Å². The van der Waals surface area contributed by atoms with Crippen molar-refractivity contribution in [1.82, 2.24) is 4.72 Å². The van der Waals surface area contributed by atoms with Gasteiger partial charge in [0.05, 0.1) is 4.90 Å². The summed E-state index contributed by atoms with van der Waals surface area (Å²) in [4.78, 5) is 11.1. The van der Waals surface area contributed by atoms with Gasteiger partial charge in [-0.3, -0.25) is 4.79 Å². The summed E-state index contributed by atoms with van der Waals surface area (Å²) in [6.45, 7) is 3.41. The molecule has 2 atom stereocenters. The molecule has 3 N–H and O–H groups in total. The van der Waals surface area contributed by atoms with Crippen molar-refractivity contribution >= 4 is 15.9 Å². The third-order valence-corrected chi connectivity index (χ3v) is 4.63. The minimum absolute atomic E-state index is 0.304. The van der Waals surface area contributed by atoms with E-state index in [9.17, 15) is 26.4 Å². The maximum absolute atomic E-state index is 12.2. The van der Waals surface area contributed by atoms with Crippen LogP contribution in [0.25, 0.3) is 0 Å². The second kappa shape index (κ2) is 7.18. The molecule has 1 aromatic carbocycles. The number of primary amides is 1.